The van der Waals surface area contributed by atoms with E-state index in [-0.39, 0.29) is 6.61 Å². The van der Waals surface area contributed by atoms with E-state index in [1.165, 1.54) is 0 Å². The van der Waals surface area contributed by atoms with Gasteiger partial charge < -0.3 is 4.74 Å². The van der Waals surface area contributed by atoms with E-state index in [0.29, 0.717) is 6.61 Å². The zero-order valence-corrected chi connectivity index (χ0v) is 7.63. The number of carbonyl (C=O) groups is 1. The number of carbonyl (C=O) groups excluding carboxylic acids is 1. The Morgan fingerprint density at radius 3 is 1.50 bits per heavy atom. The van der Waals surface area contributed by atoms with Crippen LogP contribution in [0.25, 0.3) is 0 Å². The topological polar surface area (TPSA) is 38.3 Å². The van der Waals surface area contributed by atoms with E-state index >= 15 is 0 Å². The molecule has 0 saturated heterocycles. The van der Waals surface area contributed by atoms with Gasteiger partial charge in [0.05, 0.1) is 0 Å². The molecule has 0 saturated carbocycles. The first-order valence-electron chi connectivity index (χ1n) is 2.85. The minimum atomic E-state index is -0.744. The fourth-order valence-electron chi connectivity index (χ4n) is 0.222. The number of nitrogens with one attached hydrogen (secondary N) is 1. The van der Waals surface area contributed by atoms with Gasteiger partial charge in [0, 0.05) is 43.2 Å². The molecule has 0 aromatic rings. The number of hydrogen-bond acceptors (Lipinski definition) is 2. The van der Waals surface area contributed by atoms with Crippen molar-refractivity contribution in [3.8, 4) is 0 Å². The first kappa shape index (κ1) is 29.3. The zero-order chi connectivity index (χ0) is 14.4. The Hall–Kier alpha value is -1.20. The summed E-state index contributed by atoms with van der Waals surface area (Å²) in [5, 5.41) is 0. The number of rotatable bonds is 3. The molecule has 0 aliphatic heterocycles. The van der Waals surface area contributed by atoms with Crippen molar-refractivity contribution in [1.29, 1.82) is 0 Å². The summed E-state index contributed by atoms with van der Waals surface area (Å²) in [4.78, 5) is 9.96. The maximum Gasteiger partial charge on any atom is 0.273 e. The third-order valence-corrected chi connectivity index (χ3v) is 0.543. The summed E-state index contributed by atoms with van der Waals surface area (Å²) in [5.41, 5.74) is 0.936. The first-order chi connectivity index (χ1) is 7.81. The highest BCUT2D eigenvalue weighted by Gasteiger charge is 1.95. The summed E-state index contributed by atoms with van der Waals surface area (Å²) in [5.74, 6) is -0.744. The standard InChI is InChI=1S/C4H8FNO2.4F2/c1-2-8-3-4(7)6-5;4*1-2/h2-3H2,1H3,(H,6,7);;;;. The lowest BCUT2D eigenvalue weighted by Gasteiger charge is -1.94. The molecule has 0 fully saturated rings. The SMILES string of the molecule is CCOCC(=O)NF.FF.FF.FF.FF. The van der Waals surface area contributed by atoms with Crippen molar-refractivity contribution >= 4 is 5.91 Å². The van der Waals surface area contributed by atoms with Gasteiger partial charge in [-0.2, -0.15) is 5.54 Å². The van der Waals surface area contributed by atoms with Gasteiger partial charge in [0.1, 0.15) is 6.61 Å². The Morgan fingerprint density at radius 1 is 1.00 bits per heavy atom. The Bertz CT molecular complexity index is 87.9. The molecule has 0 aliphatic rings. The van der Waals surface area contributed by atoms with Crippen LogP contribution in [0.3, 0.4) is 0 Å². The molecule has 12 heteroatoms. The van der Waals surface area contributed by atoms with Gasteiger partial charge in [-0.3, -0.25) is 4.79 Å². The van der Waals surface area contributed by atoms with Crippen LogP contribution in [0.2, 0.25) is 0 Å². The van der Waals surface area contributed by atoms with Gasteiger partial charge in [0.25, 0.3) is 5.91 Å². The maximum absolute atomic E-state index is 11.0. The van der Waals surface area contributed by atoms with E-state index in [2.05, 4.69) is 4.74 Å². The Balaban J connectivity index is -0.0000000426. The number of amides is 1. The van der Waals surface area contributed by atoms with Gasteiger partial charge in [-0.25, -0.2) is 0 Å². The third-order valence-electron chi connectivity index (χ3n) is 0.543. The molecule has 3 nitrogen and oxygen atoms in total. The predicted molar refractivity (Wildman–Crippen MR) is 34.6 cm³/mol. The van der Waals surface area contributed by atoms with Gasteiger partial charge in [0.2, 0.25) is 0 Å². The summed E-state index contributed by atoms with van der Waals surface area (Å²) in [6, 6.07) is 0. The van der Waals surface area contributed by atoms with Crippen LogP contribution in [0.5, 0.6) is 0 Å². The molecular weight excluding hydrogens is 265 g/mol. The molecule has 1 amide bonds. The molecule has 0 aliphatic carbocycles. The monoisotopic (exact) mass is 273 g/mol. The smallest absolute Gasteiger partial charge is 0.273 e. The van der Waals surface area contributed by atoms with E-state index in [9.17, 15) is 9.28 Å². The van der Waals surface area contributed by atoms with Crippen molar-refractivity contribution < 1.29 is 50.6 Å². The summed E-state index contributed by atoms with van der Waals surface area (Å²) in [6.07, 6.45) is 0. The second-order valence-electron chi connectivity index (χ2n) is 1.15. The van der Waals surface area contributed by atoms with Crippen LogP contribution in [0.15, 0.2) is 0 Å². The van der Waals surface area contributed by atoms with Crippen LogP contribution in [-0.2, 0) is 9.53 Å². The van der Waals surface area contributed by atoms with Crippen molar-refractivity contribution in [2.24, 2.45) is 0 Å². The van der Waals surface area contributed by atoms with E-state index in [4.69, 9.17) is 36.6 Å². The van der Waals surface area contributed by atoms with Gasteiger partial charge in [-0.05, 0) is 6.92 Å². The van der Waals surface area contributed by atoms with Crippen LogP contribution in [0.4, 0.5) is 41.1 Å². The van der Waals surface area contributed by atoms with E-state index < -0.39 is 5.91 Å². The van der Waals surface area contributed by atoms with Gasteiger partial charge in [-0.1, -0.05) is 0 Å². The van der Waals surface area contributed by atoms with Crippen LogP contribution in [0.1, 0.15) is 6.92 Å². The Labute approximate surface area is 83.5 Å². The lowest BCUT2D eigenvalue weighted by atomic mass is 10.7. The second kappa shape index (κ2) is 67.2. The molecule has 0 heterocycles. The minimum Gasteiger partial charge on any atom is -0.372 e. The molecule has 0 unspecified atom stereocenters. The highest BCUT2D eigenvalue weighted by molar-refractivity contribution is 5.75. The van der Waals surface area contributed by atoms with Crippen molar-refractivity contribution in [2.45, 2.75) is 6.92 Å². The molecular formula is C4H8F9NO2. The van der Waals surface area contributed by atoms with Crippen LogP contribution in [0, 0.1) is 0 Å². The quantitative estimate of drug-likeness (QED) is 0.632. The van der Waals surface area contributed by atoms with Crippen molar-refractivity contribution in [1.82, 2.24) is 5.54 Å². The number of ether oxygens (including phenoxy) is 1. The van der Waals surface area contributed by atoms with Gasteiger partial charge in [0.15, 0.2) is 0 Å². The van der Waals surface area contributed by atoms with E-state index in [1.54, 1.807) is 6.92 Å². The van der Waals surface area contributed by atoms with E-state index in [1.807, 2.05) is 0 Å². The second-order valence-corrected chi connectivity index (χ2v) is 1.15. The molecule has 0 aromatic heterocycles. The van der Waals surface area contributed by atoms with Crippen LogP contribution >= 0.6 is 0 Å². The average molecular weight is 273 g/mol. The van der Waals surface area contributed by atoms with Gasteiger partial charge >= 0.3 is 0 Å². The molecule has 16 heavy (non-hydrogen) atoms. The van der Waals surface area contributed by atoms with Crippen molar-refractivity contribution in [3.63, 3.8) is 0 Å². The largest absolute Gasteiger partial charge is 0.372 e. The molecule has 0 spiro atoms. The minimum absolute atomic E-state index is 0.201. The summed E-state index contributed by atoms with van der Waals surface area (Å²) in [7, 11) is 0. The molecule has 1 N–H and O–H groups in total. The molecule has 0 radical (unpaired) electrons. The van der Waals surface area contributed by atoms with Crippen LogP contribution < -0.4 is 5.54 Å². The molecule has 0 atom stereocenters. The third kappa shape index (κ3) is 77.4. The fraction of sp³-hybridized carbons (Fsp3) is 0.750. The van der Waals surface area contributed by atoms with Crippen molar-refractivity contribution in [3.05, 3.63) is 0 Å². The zero-order valence-electron chi connectivity index (χ0n) is 7.63. The van der Waals surface area contributed by atoms with Crippen molar-refractivity contribution in [2.75, 3.05) is 13.2 Å². The lowest BCUT2D eigenvalue weighted by Crippen LogP contribution is -2.19. The molecule has 104 valence electrons. The lowest BCUT2D eigenvalue weighted by molar-refractivity contribution is -0.129. The van der Waals surface area contributed by atoms with Crippen LogP contribution in [-0.4, -0.2) is 19.1 Å². The average Bonchev–Trinajstić information content (AvgIpc) is 2.45. The predicted octanol–water partition coefficient (Wildman–Crippen LogP) is 3.39. The fourth-order valence-corrected chi connectivity index (χ4v) is 0.222. The summed E-state index contributed by atoms with van der Waals surface area (Å²) >= 11 is 0. The number of hydrogen-bond donors (Lipinski definition) is 1. The normalized spacial score (nSPS) is 5.88. The molecule has 0 aromatic carbocycles. The molecule has 0 bridgehead atoms. The number of halogens is 9. The first-order valence-corrected chi connectivity index (χ1v) is 2.85. The maximum atomic E-state index is 11.0. The highest BCUT2D eigenvalue weighted by Crippen LogP contribution is 1.71. The Kier molecular flexibility index (Phi) is 123. The highest BCUT2D eigenvalue weighted by atomic mass is 20.0. The van der Waals surface area contributed by atoms with E-state index in [0.717, 1.165) is 5.54 Å². The summed E-state index contributed by atoms with van der Waals surface area (Å²) < 4.78 is 79.6. The van der Waals surface area contributed by atoms with Gasteiger partial charge in [-0.15, -0.1) is 4.48 Å². The Morgan fingerprint density at radius 2 is 1.31 bits per heavy atom. The summed E-state index contributed by atoms with van der Waals surface area (Å²) in [6.45, 7) is 1.95. The molecule has 0 rings (SSSR count).